The van der Waals surface area contributed by atoms with E-state index in [1.165, 1.54) is 20.3 Å². The van der Waals surface area contributed by atoms with Crippen molar-refractivity contribution < 1.29 is 38.7 Å². The Bertz CT molecular complexity index is 1660. The van der Waals surface area contributed by atoms with Crippen LogP contribution in [0.3, 0.4) is 0 Å². The Morgan fingerprint density at radius 1 is 1.18 bits per heavy atom. The molecule has 0 saturated carbocycles. The lowest BCUT2D eigenvalue weighted by atomic mass is 9.88. The molecule has 1 aromatic rings. The topological polar surface area (TPSA) is 214 Å². The first-order valence-electron chi connectivity index (χ1n) is 16.2. The molecule has 1 aromatic carbocycles. The number of nitrogens with zero attached hydrogens (tertiary/aromatic N) is 4. The van der Waals surface area contributed by atoms with E-state index in [9.17, 15) is 19.8 Å². The number of benzene rings is 1. The predicted molar refractivity (Wildman–Crippen MR) is 182 cm³/mol. The van der Waals surface area contributed by atoms with Crippen LogP contribution in [0.4, 0.5) is 10.5 Å². The van der Waals surface area contributed by atoms with E-state index in [0.717, 1.165) is 0 Å². The number of hydrogen-bond acceptors (Lipinski definition) is 9. The highest BCUT2D eigenvalue weighted by Gasteiger charge is 2.30. The minimum Gasteiger partial charge on any atom is -0.505 e. The van der Waals surface area contributed by atoms with Crippen LogP contribution in [0.2, 0.25) is 0 Å². The molecule has 49 heavy (non-hydrogen) atoms. The van der Waals surface area contributed by atoms with Crippen molar-refractivity contribution in [1.29, 1.82) is 5.41 Å². The third kappa shape index (κ3) is 9.38. The minimum atomic E-state index is -0.991. The number of phenolic OH excluding ortho intramolecular Hbond substituents is 1. The number of aliphatic hydroxyl groups excluding tert-OH is 1. The Balaban J connectivity index is 1.79. The zero-order chi connectivity index (χ0) is 35.8. The molecule has 0 unspecified atom stereocenters. The Labute approximate surface area is 285 Å². The van der Waals surface area contributed by atoms with Gasteiger partial charge in [-0.3, -0.25) is 10.2 Å². The number of nitrogens with one attached hydrogen (secondary N) is 2. The molecule has 6 atom stereocenters. The van der Waals surface area contributed by atoms with Crippen molar-refractivity contribution in [3.8, 4) is 5.75 Å². The van der Waals surface area contributed by atoms with Gasteiger partial charge >= 0.3 is 6.09 Å². The van der Waals surface area contributed by atoms with Crippen LogP contribution in [0.15, 0.2) is 56.5 Å². The number of aliphatic hydroxyl groups is 1. The van der Waals surface area contributed by atoms with Crippen molar-refractivity contribution in [3.63, 3.8) is 0 Å². The molecule has 0 spiro atoms. The number of aliphatic imine (C=N–C) groups is 1. The monoisotopic (exact) mass is 681 g/mol. The van der Waals surface area contributed by atoms with Crippen LogP contribution >= 0.6 is 0 Å². The molecule has 15 nitrogen and oxygen atoms in total. The summed E-state index contributed by atoms with van der Waals surface area (Å²) in [6.07, 6.45) is 3.03. The fourth-order valence-corrected chi connectivity index (χ4v) is 6.03. The van der Waals surface area contributed by atoms with E-state index in [1.54, 1.807) is 43.1 Å². The first-order valence-corrected chi connectivity index (χ1v) is 16.2. The number of ether oxygens (including phenoxy) is 4. The summed E-state index contributed by atoms with van der Waals surface area (Å²) in [7, 11) is 2.97. The molecule has 4 rings (SSSR count). The van der Waals surface area contributed by atoms with Crippen molar-refractivity contribution in [2.24, 2.45) is 32.5 Å². The molecule has 0 aliphatic carbocycles. The number of fused-ring (bicyclic) bond motifs is 4. The second-order valence-electron chi connectivity index (χ2n) is 12.5. The SMILES string of the molecule is CO[C@H]1/C=C\C=C(/C)C(=O)Nc2cc3c(c(c2O)C[C@@H](C)C[C@H](OC)[C@H](O)[C@@H](C)/C=C(\C)[C@@H]1OC(N)=O)=NC(=NC(=N)N1CCOCC1)N=3. The molecule has 0 aromatic heterocycles. The molecule has 2 amide bonds. The molecule has 3 aliphatic rings. The Morgan fingerprint density at radius 3 is 2.55 bits per heavy atom. The Kier molecular flexibility index (Phi) is 12.8. The van der Waals surface area contributed by atoms with E-state index in [4.69, 9.17) is 30.1 Å². The van der Waals surface area contributed by atoms with Gasteiger partial charge in [-0.15, -0.1) is 0 Å². The Hall–Kier alpha value is -4.44. The summed E-state index contributed by atoms with van der Waals surface area (Å²) in [5.41, 5.74) is 6.86. The number of rotatable bonds is 3. The summed E-state index contributed by atoms with van der Waals surface area (Å²) in [4.78, 5) is 40.4. The van der Waals surface area contributed by atoms with Gasteiger partial charge in [0, 0.05) is 44.4 Å². The standard InChI is InChI=1S/C34H47N7O8/c1-18-14-22-27-23(38-34(39-27)40-32(35)41-10-12-48-13-11-41)17-24(29(22)43)37-31(44)19(2)8-7-9-25(46-5)30(49-33(36)45)21(4)16-20(3)28(42)26(15-18)47-6/h7-9,16-18,20,25-26,28,30,35,42-43H,10-15H2,1-6H3,(H2,36,45)(H,37,44)/b9-7-,19-8+,21-16+,35-32?,40-34?/t18-,20+,25+,26+,28-,30+/m1/s1. The summed E-state index contributed by atoms with van der Waals surface area (Å²) in [5, 5.41) is 34.9. The van der Waals surface area contributed by atoms with Crippen LogP contribution < -0.4 is 21.8 Å². The number of aromatic hydroxyl groups is 1. The van der Waals surface area contributed by atoms with Gasteiger partial charge in [0.15, 0.2) is 6.10 Å². The van der Waals surface area contributed by atoms with E-state index in [0.29, 0.717) is 66.6 Å². The van der Waals surface area contributed by atoms with Gasteiger partial charge in [-0.2, -0.15) is 4.99 Å². The van der Waals surface area contributed by atoms with Crippen molar-refractivity contribution in [1.82, 2.24) is 4.90 Å². The van der Waals surface area contributed by atoms with Gasteiger partial charge in [-0.05, 0) is 44.2 Å². The van der Waals surface area contributed by atoms with Crippen LogP contribution in [-0.4, -0.2) is 104 Å². The number of morpholine rings is 1. The molecule has 0 radical (unpaired) electrons. The van der Waals surface area contributed by atoms with E-state index in [1.807, 2.05) is 13.8 Å². The van der Waals surface area contributed by atoms with Crippen LogP contribution in [0.5, 0.6) is 5.75 Å². The van der Waals surface area contributed by atoms with E-state index < -0.39 is 42.3 Å². The van der Waals surface area contributed by atoms with Crippen LogP contribution in [0.1, 0.15) is 39.7 Å². The largest absolute Gasteiger partial charge is 0.505 e. The van der Waals surface area contributed by atoms with Gasteiger partial charge in [-0.25, -0.2) is 14.8 Å². The predicted octanol–water partition coefficient (Wildman–Crippen LogP) is 1.73. The maximum absolute atomic E-state index is 13.3. The summed E-state index contributed by atoms with van der Waals surface area (Å²) in [6.45, 7) is 9.18. The zero-order valence-electron chi connectivity index (χ0n) is 28.8. The lowest BCUT2D eigenvalue weighted by molar-refractivity contribution is -0.112. The highest BCUT2D eigenvalue weighted by atomic mass is 16.6. The summed E-state index contributed by atoms with van der Waals surface area (Å²) < 4.78 is 22.1. The number of hydrogen-bond donors (Lipinski definition) is 5. The van der Waals surface area contributed by atoms with E-state index in [-0.39, 0.29) is 29.3 Å². The fourth-order valence-electron chi connectivity index (χ4n) is 6.03. The normalized spacial score (nSPS) is 30.5. The summed E-state index contributed by atoms with van der Waals surface area (Å²) in [5.74, 6) is -1.17. The number of carbonyl (C=O) groups is 2. The maximum atomic E-state index is 13.3. The number of phenols is 1. The minimum absolute atomic E-state index is 0.00630. The molecule has 3 aliphatic heterocycles. The van der Waals surface area contributed by atoms with Gasteiger partial charge < -0.3 is 45.1 Å². The van der Waals surface area contributed by atoms with Crippen molar-refractivity contribution in [3.05, 3.63) is 57.8 Å². The molecule has 15 heteroatoms. The van der Waals surface area contributed by atoms with Gasteiger partial charge in [0.2, 0.25) is 5.96 Å². The maximum Gasteiger partial charge on any atom is 0.405 e. The Morgan fingerprint density at radius 2 is 1.90 bits per heavy atom. The third-order valence-electron chi connectivity index (χ3n) is 8.75. The van der Waals surface area contributed by atoms with Gasteiger partial charge in [0.05, 0.1) is 41.8 Å². The van der Waals surface area contributed by atoms with Crippen molar-refractivity contribution in [2.75, 3.05) is 45.8 Å². The zero-order valence-corrected chi connectivity index (χ0v) is 28.8. The van der Waals surface area contributed by atoms with Crippen LogP contribution in [-0.2, 0) is 30.2 Å². The highest BCUT2D eigenvalue weighted by molar-refractivity contribution is 6.04. The average molecular weight is 682 g/mol. The number of amides is 2. The average Bonchev–Trinajstić information content (AvgIpc) is 3.47. The lowest BCUT2D eigenvalue weighted by Crippen LogP contribution is -2.39. The number of carbonyl (C=O) groups excluding carboxylic acids is 2. The first kappa shape index (κ1) is 37.4. The van der Waals surface area contributed by atoms with Crippen LogP contribution in [0, 0.1) is 17.2 Å². The number of guanidine groups is 2. The second kappa shape index (κ2) is 16.8. The molecule has 1 fully saturated rings. The number of nitrogens with two attached hydrogens (primary N) is 1. The molecule has 2 bridgehead atoms. The number of methoxy groups -OCH3 is 2. The molecule has 1 saturated heterocycles. The van der Waals surface area contributed by atoms with Gasteiger partial charge in [0.25, 0.3) is 11.9 Å². The fraction of sp³-hybridized carbons (Fsp3) is 0.529. The quantitative estimate of drug-likeness (QED) is 0.136. The van der Waals surface area contributed by atoms with Crippen molar-refractivity contribution >= 4 is 29.6 Å². The van der Waals surface area contributed by atoms with Crippen LogP contribution in [0.25, 0.3) is 0 Å². The highest BCUT2D eigenvalue weighted by Crippen LogP contribution is 2.29. The third-order valence-corrected chi connectivity index (χ3v) is 8.75. The molecular formula is C34H47N7O8. The van der Waals surface area contributed by atoms with E-state index >= 15 is 0 Å². The molecule has 266 valence electrons. The van der Waals surface area contributed by atoms with Gasteiger partial charge in [-0.1, -0.05) is 38.2 Å². The smallest absolute Gasteiger partial charge is 0.405 e. The van der Waals surface area contributed by atoms with E-state index in [2.05, 4.69) is 20.3 Å². The van der Waals surface area contributed by atoms with Gasteiger partial charge in [0.1, 0.15) is 11.9 Å². The van der Waals surface area contributed by atoms with Crippen molar-refractivity contribution in [2.45, 2.75) is 65.0 Å². The summed E-state index contributed by atoms with van der Waals surface area (Å²) in [6, 6.07) is 1.53. The second-order valence-corrected chi connectivity index (χ2v) is 12.5. The number of allylic oxidation sites excluding steroid dienone is 2. The molecule has 6 N–H and O–H groups in total. The molecule has 3 heterocycles. The number of anilines is 1. The summed E-state index contributed by atoms with van der Waals surface area (Å²) >= 11 is 0. The lowest BCUT2D eigenvalue weighted by Gasteiger charge is -2.29. The first-order chi connectivity index (χ1) is 23.3. The molecular weight excluding hydrogens is 634 g/mol. The number of primary amides is 1.